The summed E-state index contributed by atoms with van der Waals surface area (Å²) in [5.74, 6) is 0. The predicted molar refractivity (Wildman–Crippen MR) is 73.7 cm³/mol. The van der Waals surface area contributed by atoms with Crippen LogP contribution in [0.25, 0.3) is 0 Å². The third-order valence-electron chi connectivity index (χ3n) is 2.13. The number of benzene rings is 1. The van der Waals surface area contributed by atoms with Gasteiger partial charge in [-0.1, -0.05) is 18.2 Å². The average molecular weight is 291 g/mol. The predicted octanol–water partition coefficient (Wildman–Crippen LogP) is 2.86. The molecule has 0 spiro atoms. The van der Waals surface area contributed by atoms with Crippen LogP contribution in [0.5, 0.6) is 0 Å². The quantitative estimate of drug-likeness (QED) is 0.409. The molecule has 0 heterocycles. The minimum Gasteiger partial charge on any atom is -0.364 e. The molecule has 0 aliphatic carbocycles. The van der Waals surface area contributed by atoms with E-state index >= 15 is 0 Å². The molecule has 0 saturated carbocycles. The molecule has 18 heavy (non-hydrogen) atoms. The summed E-state index contributed by atoms with van der Waals surface area (Å²) in [6, 6.07) is 6.62. The number of hydrogen-bond donors (Lipinski definition) is 3. The van der Waals surface area contributed by atoms with Crippen LogP contribution in [-0.4, -0.2) is 18.8 Å². The molecular formula is C11H16ClN2O3P. The fourth-order valence-corrected chi connectivity index (χ4v) is 2.09. The van der Waals surface area contributed by atoms with Crippen molar-refractivity contribution in [3.63, 3.8) is 0 Å². The minimum atomic E-state index is -3.09. The third kappa shape index (κ3) is 4.80. The maximum atomic E-state index is 11.6. The van der Waals surface area contributed by atoms with Crippen molar-refractivity contribution in [1.29, 1.82) is 0 Å². The molecule has 0 fully saturated rings. The van der Waals surface area contributed by atoms with Gasteiger partial charge in [0.1, 0.15) is 0 Å². The number of anilines is 1. The lowest BCUT2D eigenvalue weighted by Gasteiger charge is -2.14. The molecule has 1 rings (SSSR count). The summed E-state index contributed by atoms with van der Waals surface area (Å²) in [6.07, 6.45) is 0.541. The van der Waals surface area contributed by atoms with Gasteiger partial charge < -0.3 is 14.9 Å². The Morgan fingerprint density at radius 2 is 2.17 bits per heavy atom. The number of ether oxygens (including phenoxy) is 1. The van der Waals surface area contributed by atoms with E-state index in [4.69, 9.17) is 16.0 Å². The Bertz CT molecular complexity index is 438. The lowest BCUT2D eigenvalue weighted by atomic mass is 10.2. The van der Waals surface area contributed by atoms with Gasteiger partial charge in [-0.25, -0.2) is 5.09 Å². The molecule has 7 heteroatoms. The van der Waals surface area contributed by atoms with Gasteiger partial charge in [-0.15, -0.1) is 6.58 Å². The van der Waals surface area contributed by atoms with Gasteiger partial charge >= 0.3 is 6.80 Å². The Labute approximate surface area is 111 Å². The number of hydrogen-bond acceptors (Lipinski definition) is 3. The van der Waals surface area contributed by atoms with Crippen molar-refractivity contribution in [3.05, 3.63) is 42.5 Å². The lowest BCUT2D eigenvalue weighted by Crippen LogP contribution is -2.06. The van der Waals surface area contributed by atoms with Crippen LogP contribution >= 0.6 is 18.0 Å². The topological polar surface area (TPSA) is 70.6 Å². The summed E-state index contributed by atoms with van der Waals surface area (Å²) in [5, 5.41) is 14.8. The van der Waals surface area contributed by atoms with Crippen molar-refractivity contribution < 1.29 is 14.4 Å². The molecule has 1 aromatic carbocycles. The van der Waals surface area contributed by atoms with E-state index in [1.807, 2.05) is 0 Å². The molecule has 0 aliphatic rings. The normalized spacial score (nSPS) is 15.7. The second kappa shape index (κ2) is 6.92. The highest BCUT2D eigenvalue weighted by Gasteiger charge is 2.14. The smallest absolute Gasteiger partial charge is 0.323 e. The van der Waals surface area contributed by atoms with E-state index in [9.17, 15) is 9.67 Å². The zero-order chi connectivity index (χ0) is 13.6. The summed E-state index contributed by atoms with van der Waals surface area (Å²) in [6.45, 7) is 0.667. The maximum Gasteiger partial charge on any atom is 0.323 e. The standard InChI is InChI=1S/C11H16ClN2O3P/c1-3-8-17-11(15)9-4-6-10(7-5-9)14-18(12,16)13-2/h3-7,11,15H,1,8H2,2H3,(H2,13,14,16). The number of halogens is 1. The molecule has 1 aromatic rings. The first-order chi connectivity index (χ1) is 8.48. The van der Waals surface area contributed by atoms with E-state index in [1.165, 1.54) is 7.05 Å². The molecule has 0 radical (unpaired) electrons. The van der Waals surface area contributed by atoms with Gasteiger partial charge in [0.05, 0.1) is 6.61 Å². The highest BCUT2D eigenvalue weighted by atomic mass is 35.7. The van der Waals surface area contributed by atoms with E-state index in [0.717, 1.165) is 0 Å². The maximum absolute atomic E-state index is 11.6. The monoisotopic (exact) mass is 290 g/mol. The van der Waals surface area contributed by atoms with Crippen LogP contribution in [0.1, 0.15) is 11.9 Å². The first-order valence-corrected chi connectivity index (χ1v) is 7.87. The van der Waals surface area contributed by atoms with Crippen LogP contribution in [0.2, 0.25) is 0 Å². The van der Waals surface area contributed by atoms with Gasteiger partial charge in [-0.3, -0.25) is 4.57 Å². The average Bonchev–Trinajstić information content (AvgIpc) is 2.36. The molecule has 0 aliphatic heterocycles. The van der Waals surface area contributed by atoms with Gasteiger partial charge in [0.25, 0.3) is 0 Å². The first-order valence-electron chi connectivity index (χ1n) is 5.26. The molecule has 5 nitrogen and oxygen atoms in total. The van der Waals surface area contributed by atoms with Crippen molar-refractivity contribution >= 4 is 23.7 Å². The van der Waals surface area contributed by atoms with Gasteiger partial charge in [0, 0.05) is 11.3 Å². The molecule has 0 amide bonds. The zero-order valence-corrected chi connectivity index (χ0v) is 11.6. The van der Waals surface area contributed by atoms with Gasteiger partial charge in [-0.2, -0.15) is 0 Å². The SMILES string of the molecule is C=CCOC(O)c1ccc(NP(=O)(Cl)NC)cc1. The largest absolute Gasteiger partial charge is 0.364 e. The van der Waals surface area contributed by atoms with E-state index in [0.29, 0.717) is 11.3 Å². The summed E-state index contributed by atoms with van der Waals surface area (Å²) in [4.78, 5) is 0. The van der Waals surface area contributed by atoms with Gasteiger partial charge in [-0.05, 0) is 30.4 Å². The Kier molecular flexibility index (Phi) is 5.85. The second-order valence-corrected chi connectivity index (χ2v) is 6.63. The summed E-state index contributed by atoms with van der Waals surface area (Å²) >= 11 is 5.67. The summed E-state index contributed by atoms with van der Waals surface area (Å²) in [5.41, 5.74) is 1.18. The highest BCUT2D eigenvalue weighted by Crippen LogP contribution is 2.45. The van der Waals surface area contributed by atoms with Crippen LogP contribution in [0.4, 0.5) is 5.69 Å². The second-order valence-electron chi connectivity index (χ2n) is 3.46. The summed E-state index contributed by atoms with van der Waals surface area (Å²) < 4.78 is 16.6. The molecule has 0 saturated heterocycles. The van der Waals surface area contributed by atoms with Crippen LogP contribution in [0.15, 0.2) is 36.9 Å². The first kappa shape index (κ1) is 15.2. The lowest BCUT2D eigenvalue weighted by molar-refractivity contribution is -0.0920. The molecule has 3 N–H and O–H groups in total. The molecule has 0 bridgehead atoms. The molecule has 100 valence electrons. The van der Waals surface area contributed by atoms with Crippen LogP contribution < -0.4 is 10.2 Å². The Hall–Kier alpha value is -0.840. The summed E-state index contributed by atoms with van der Waals surface area (Å²) in [7, 11) is 1.50. The molecule has 2 atom stereocenters. The van der Waals surface area contributed by atoms with E-state index in [2.05, 4.69) is 16.8 Å². The van der Waals surface area contributed by atoms with Crippen molar-refractivity contribution in [2.75, 3.05) is 18.7 Å². The molecule has 2 unspecified atom stereocenters. The number of nitrogens with one attached hydrogen (secondary N) is 2. The van der Waals surface area contributed by atoms with Crippen LogP contribution in [0.3, 0.4) is 0 Å². The van der Waals surface area contributed by atoms with E-state index < -0.39 is 13.1 Å². The highest BCUT2D eigenvalue weighted by molar-refractivity contribution is 7.88. The van der Waals surface area contributed by atoms with E-state index in [1.54, 1.807) is 30.3 Å². The number of aliphatic hydroxyl groups excluding tert-OH is 1. The Morgan fingerprint density at radius 3 is 2.67 bits per heavy atom. The van der Waals surface area contributed by atoms with Gasteiger partial charge in [0.15, 0.2) is 6.29 Å². The fourth-order valence-electron chi connectivity index (χ4n) is 1.20. The van der Waals surface area contributed by atoms with Gasteiger partial charge in [0.2, 0.25) is 0 Å². The van der Waals surface area contributed by atoms with Crippen LogP contribution in [-0.2, 0) is 9.30 Å². The zero-order valence-electron chi connectivity index (χ0n) is 9.97. The molecular weight excluding hydrogens is 275 g/mol. The third-order valence-corrected chi connectivity index (χ3v) is 4.01. The van der Waals surface area contributed by atoms with Crippen molar-refractivity contribution in [1.82, 2.24) is 5.09 Å². The Balaban J connectivity index is 2.68. The van der Waals surface area contributed by atoms with Crippen molar-refractivity contribution in [2.24, 2.45) is 0 Å². The van der Waals surface area contributed by atoms with Crippen molar-refractivity contribution in [2.45, 2.75) is 6.29 Å². The van der Waals surface area contributed by atoms with E-state index in [-0.39, 0.29) is 6.61 Å². The molecule has 0 aromatic heterocycles. The van der Waals surface area contributed by atoms with Crippen molar-refractivity contribution in [3.8, 4) is 0 Å². The Morgan fingerprint density at radius 1 is 1.56 bits per heavy atom. The minimum absolute atomic E-state index is 0.262. The fraction of sp³-hybridized carbons (Fsp3) is 0.273. The number of rotatable bonds is 7. The van der Waals surface area contributed by atoms with Crippen LogP contribution in [0, 0.1) is 0 Å². The number of aliphatic hydroxyl groups is 1.